The molecule has 0 saturated carbocycles. The minimum atomic E-state index is -1.05. The number of carbonyl (C=O) groups is 4. The van der Waals surface area contributed by atoms with Gasteiger partial charge in [-0.2, -0.15) is 0 Å². The molecule has 2 aliphatic heterocycles. The molecule has 3 N–H and O–H groups in total. The fourth-order valence-corrected chi connectivity index (χ4v) is 4.10. The van der Waals surface area contributed by atoms with Crippen LogP contribution in [0.1, 0.15) is 64.7 Å². The molecule has 0 aromatic carbocycles. The van der Waals surface area contributed by atoms with Crippen molar-refractivity contribution in [3.8, 4) is 0 Å². The number of carboxylic acid groups (broad SMARTS) is 1. The van der Waals surface area contributed by atoms with Crippen LogP contribution in [0.15, 0.2) is 0 Å². The molecule has 0 spiro atoms. The van der Waals surface area contributed by atoms with Gasteiger partial charge in [0.2, 0.25) is 11.8 Å². The fraction of sp³-hybridized carbons (Fsp3) is 0.800. The minimum absolute atomic E-state index is 0.0233. The van der Waals surface area contributed by atoms with Gasteiger partial charge in [0.25, 0.3) is 5.91 Å². The van der Waals surface area contributed by atoms with Crippen molar-refractivity contribution in [2.75, 3.05) is 26.2 Å². The smallest absolute Gasteiger partial charge is 0.305 e. The second-order valence-corrected chi connectivity index (χ2v) is 7.99. The largest absolute Gasteiger partial charge is 0.481 e. The van der Waals surface area contributed by atoms with Crippen LogP contribution < -0.4 is 10.7 Å². The van der Waals surface area contributed by atoms with Crippen molar-refractivity contribution in [1.82, 2.24) is 20.7 Å². The second-order valence-electron chi connectivity index (χ2n) is 7.99. The van der Waals surface area contributed by atoms with Gasteiger partial charge in [-0.25, -0.2) is 0 Å². The molecule has 1 atom stereocenters. The Hall–Kier alpha value is -2.16. The van der Waals surface area contributed by atoms with E-state index in [1.165, 1.54) is 6.92 Å². The van der Waals surface area contributed by atoms with E-state index >= 15 is 0 Å². The number of likely N-dealkylation sites (tertiary alicyclic amines) is 1. The first kappa shape index (κ1) is 23.1. The Bertz CT molecular complexity index is 591. The van der Waals surface area contributed by atoms with Crippen LogP contribution >= 0.6 is 0 Å². The highest BCUT2D eigenvalue weighted by Crippen LogP contribution is 2.23. The molecule has 2 rings (SSSR count). The molecule has 2 saturated heterocycles. The highest BCUT2D eigenvalue weighted by molar-refractivity contribution is 5.89. The standard InChI is InChI=1S/C20H34N4O5/c1-15(25)22-24(14-10-19(27)28)20(29)17-5-3-2-4-13-23(17)18(26)7-6-16-8-11-21-12-9-16/h16-17,21H,2-14H2,1H3,(H,22,25)(H,27,28)/t17-/m1/s1. The van der Waals surface area contributed by atoms with E-state index in [0.717, 1.165) is 56.6 Å². The first-order valence-electron chi connectivity index (χ1n) is 10.7. The Morgan fingerprint density at radius 2 is 1.79 bits per heavy atom. The van der Waals surface area contributed by atoms with E-state index in [1.807, 2.05) is 0 Å². The van der Waals surface area contributed by atoms with E-state index in [4.69, 9.17) is 5.11 Å². The van der Waals surface area contributed by atoms with E-state index in [2.05, 4.69) is 10.7 Å². The van der Waals surface area contributed by atoms with Crippen molar-refractivity contribution >= 4 is 23.7 Å². The van der Waals surface area contributed by atoms with E-state index in [1.54, 1.807) is 4.90 Å². The summed E-state index contributed by atoms with van der Waals surface area (Å²) in [6, 6.07) is -0.654. The monoisotopic (exact) mass is 410 g/mol. The van der Waals surface area contributed by atoms with Crippen molar-refractivity contribution in [2.45, 2.75) is 70.8 Å². The van der Waals surface area contributed by atoms with Crippen LogP contribution in [-0.2, 0) is 19.2 Å². The van der Waals surface area contributed by atoms with Gasteiger partial charge in [-0.15, -0.1) is 0 Å². The van der Waals surface area contributed by atoms with Gasteiger partial charge in [-0.05, 0) is 51.1 Å². The number of carbonyl (C=O) groups excluding carboxylic acids is 3. The minimum Gasteiger partial charge on any atom is -0.481 e. The molecule has 2 aliphatic rings. The van der Waals surface area contributed by atoms with E-state index in [-0.39, 0.29) is 18.9 Å². The maximum absolute atomic E-state index is 13.1. The lowest BCUT2D eigenvalue weighted by molar-refractivity contribution is -0.151. The second kappa shape index (κ2) is 11.7. The Labute approximate surface area is 172 Å². The molecule has 9 nitrogen and oxygen atoms in total. The first-order valence-corrected chi connectivity index (χ1v) is 10.7. The molecule has 0 aromatic rings. The van der Waals surface area contributed by atoms with Gasteiger partial charge < -0.3 is 15.3 Å². The number of hydrogen-bond donors (Lipinski definition) is 3. The summed E-state index contributed by atoms with van der Waals surface area (Å²) in [7, 11) is 0. The normalized spacial score (nSPS) is 20.6. The number of piperidine rings is 1. The summed E-state index contributed by atoms with van der Waals surface area (Å²) in [6.45, 7) is 3.64. The van der Waals surface area contributed by atoms with Gasteiger partial charge in [-0.3, -0.25) is 29.6 Å². The third kappa shape index (κ3) is 7.64. The number of hydrogen-bond acceptors (Lipinski definition) is 5. The van der Waals surface area contributed by atoms with Gasteiger partial charge in [0.15, 0.2) is 0 Å². The Kier molecular flexibility index (Phi) is 9.37. The highest BCUT2D eigenvalue weighted by Gasteiger charge is 2.34. The number of aliphatic carboxylic acids is 1. The van der Waals surface area contributed by atoms with E-state index in [0.29, 0.717) is 25.3 Å². The molecule has 2 heterocycles. The molecule has 164 valence electrons. The molecule has 2 fully saturated rings. The van der Waals surface area contributed by atoms with Crippen molar-refractivity contribution in [3.63, 3.8) is 0 Å². The van der Waals surface area contributed by atoms with E-state index < -0.39 is 23.8 Å². The average Bonchev–Trinajstić information content (AvgIpc) is 2.95. The topological polar surface area (TPSA) is 119 Å². The molecule has 0 bridgehead atoms. The quantitative estimate of drug-likeness (QED) is 0.537. The van der Waals surface area contributed by atoms with Crippen LogP contribution in [0.5, 0.6) is 0 Å². The van der Waals surface area contributed by atoms with Crippen LogP contribution in [0.3, 0.4) is 0 Å². The van der Waals surface area contributed by atoms with Crippen molar-refractivity contribution in [2.24, 2.45) is 5.92 Å². The number of amides is 3. The summed E-state index contributed by atoms with van der Waals surface area (Å²) in [6.07, 6.45) is 6.25. The molecule has 0 aliphatic carbocycles. The van der Waals surface area contributed by atoms with Gasteiger partial charge in [-0.1, -0.05) is 12.8 Å². The van der Waals surface area contributed by atoms with Gasteiger partial charge in [0.05, 0.1) is 13.0 Å². The van der Waals surface area contributed by atoms with Crippen molar-refractivity contribution in [1.29, 1.82) is 0 Å². The summed E-state index contributed by atoms with van der Waals surface area (Å²) in [5.74, 6) is -1.39. The zero-order valence-corrected chi connectivity index (χ0v) is 17.3. The molecule has 0 unspecified atom stereocenters. The van der Waals surface area contributed by atoms with Gasteiger partial charge in [0, 0.05) is 19.9 Å². The number of carboxylic acids is 1. The first-order chi connectivity index (χ1) is 13.9. The zero-order valence-electron chi connectivity index (χ0n) is 17.3. The average molecular weight is 411 g/mol. The Morgan fingerprint density at radius 1 is 1.07 bits per heavy atom. The molecular weight excluding hydrogens is 376 g/mol. The molecule has 0 radical (unpaired) electrons. The van der Waals surface area contributed by atoms with Crippen molar-refractivity contribution < 1.29 is 24.3 Å². The van der Waals surface area contributed by atoms with Gasteiger partial charge in [0.1, 0.15) is 6.04 Å². The predicted octanol–water partition coefficient (Wildman–Crippen LogP) is 0.892. The third-order valence-electron chi connectivity index (χ3n) is 5.69. The third-order valence-corrected chi connectivity index (χ3v) is 5.69. The molecule has 29 heavy (non-hydrogen) atoms. The SMILES string of the molecule is CC(=O)NN(CCC(=O)O)C(=O)[C@H]1CCCCCN1C(=O)CCC1CCNCC1. The maximum atomic E-state index is 13.1. The summed E-state index contributed by atoms with van der Waals surface area (Å²) >= 11 is 0. The van der Waals surface area contributed by atoms with Crippen LogP contribution in [0.25, 0.3) is 0 Å². The van der Waals surface area contributed by atoms with Crippen LogP contribution in [0.4, 0.5) is 0 Å². The molecular formula is C20H34N4O5. The number of rotatable bonds is 7. The predicted molar refractivity (Wildman–Crippen MR) is 107 cm³/mol. The Morgan fingerprint density at radius 3 is 2.45 bits per heavy atom. The number of nitrogens with zero attached hydrogens (tertiary/aromatic N) is 2. The summed E-state index contributed by atoms with van der Waals surface area (Å²) in [5.41, 5.74) is 2.43. The summed E-state index contributed by atoms with van der Waals surface area (Å²) < 4.78 is 0. The lowest BCUT2D eigenvalue weighted by atomic mass is 9.93. The van der Waals surface area contributed by atoms with Crippen LogP contribution in [-0.4, -0.2) is 70.9 Å². The van der Waals surface area contributed by atoms with Gasteiger partial charge >= 0.3 is 5.97 Å². The molecule has 9 heteroatoms. The lowest BCUT2D eigenvalue weighted by Crippen LogP contribution is -2.56. The lowest BCUT2D eigenvalue weighted by Gasteiger charge is -2.34. The maximum Gasteiger partial charge on any atom is 0.305 e. The zero-order chi connectivity index (χ0) is 21.2. The summed E-state index contributed by atoms with van der Waals surface area (Å²) in [5, 5.41) is 13.3. The number of hydrazine groups is 1. The molecule has 3 amide bonds. The van der Waals surface area contributed by atoms with E-state index in [9.17, 15) is 19.2 Å². The summed E-state index contributed by atoms with van der Waals surface area (Å²) in [4.78, 5) is 50.2. The van der Waals surface area contributed by atoms with Crippen LogP contribution in [0.2, 0.25) is 0 Å². The number of nitrogens with one attached hydrogen (secondary N) is 2. The Balaban J connectivity index is 2.05. The highest BCUT2D eigenvalue weighted by atomic mass is 16.4. The van der Waals surface area contributed by atoms with Crippen LogP contribution in [0, 0.1) is 5.92 Å². The van der Waals surface area contributed by atoms with Crippen molar-refractivity contribution in [3.05, 3.63) is 0 Å². The molecule has 0 aromatic heterocycles. The fourth-order valence-electron chi connectivity index (χ4n) is 4.10.